The van der Waals surface area contributed by atoms with Crippen molar-refractivity contribution >= 4 is 27.3 Å². The molecular weight excluding hydrogens is 270 g/mol. The maximum absolute atomic E-state index is 3.61. The van der Waals surface area contributed by atoms with E-state index in [2.05, 4.69) is 39.2 Å². The monoisotopic (exact) mass is 287 g/mol. The van der Waals surface area contributed by atoms with Crippen molar-refractivity contribution in [2.45, 2.75) is 32.7 Å². The highest BCUT2D eigenvalue weighted by molar-refractivity contribution is 9.10. The summed E-state index contributed by atoms with van der Waals surface area (Å²) in [6, 6.07) is 2.15. The van der Waals surface area contributed by atoms with E-state index in [0.717, 1.165) is 12.5 Å². The van der Waals surface area contributed by atoms with E-state index in [0.29, 0.717) is 0 Å². The summed E-state index contributed by atoms with van der Waals surface area (Å²) in [6.07, 6.45) is 4.16. The SMILES string of the molecule is CCCN(Cc1sccc1Br)CC1CC1. The lowest BCUT2D eigenvalue weighted by Gasteiger charge is -2.20. The molecular formula is C12H18BrNS. The molecule has 0 atom stereocenters. The molecule has 1 aliphatic carbocycles. The average Bonchev–Trinajstić information content (AvgIpc) is 2.92. The van der Waals surface area contributed by atoms with Crippen molar-refractivity contribution < 1.29 is 0 Å². The molecule has 0 saturated heterocycles. The van der Waals surface area contributed by atoms with E-state index in [1.165, 1.54) is 41.7 Å². The predicted octanol–water partition coefficient (Wildman–Crippen LogP) is 4.13. The molecule has 0 unspecified atom stereocenters. The van der Waals surface area contributed by atoms with Crippen LogP contribution in [0, 0.1) is 5.92 Å². The number of nitrogens with zero attached hydrogens (tertiary/aromatic N) is 1. The Labute approximate surface area is 105 Å². The second kappa shape index (κ2) is 5.46. The normalized spacial score (nSPS) is 16.2. The van der Waals surface area contributed by atoms with Crippen LogP contribution in [0.1, 0.15) is 31.1 Å². The van der Waals surface area contributed by atoms with Gasteiger partial charge in [0.25, 0.3) is 0 Å². The Bertz CT molecular complexity index is 306. The van der Waals surface area contributed by atoms with E-state index in [1.54, 1.807) is 0 Å². The van der Waals surface area contributed by atoms with Gasteiger partial charge in [0.2, 0.25) is 0 Å². The van der Waals surface area contributed by atoms with Crippen molar-refractivity contribution in [2.24, 2.45) is 5.92 Å². The second-order valence-corrected chi connectivity index (χ2v) is 6.23. The van der Waals surface area contributed by atoms with E-state index in [4.69, 9.17) is 0 Å². The molecule has 2 rings (SSSR count). The molecule has 0 amide bonds. The highest BCUT2D eigenvalue weighted by Gasteiger charge is 2.24. The molecule has 1 aliphatic rings. The van der Waals surface area contributed by atoms with Crippen LogP contribution in [0.15, 0.2) is 15.9 Å². The van der Waals surface area contributed by atoms with Gasteiger partial charge in [-0.15, -0.1) is 11.3 Å². The van der Waals surface area contributed by atoms with Gasteiger partial charge in [0, 0.05) is 22.4 Å². The predicted molar refractivity (Wildman–Crippen MR) is 70.3 cm³/mol. The van der Waals surface area contributed by atoms with Crippen molar-refractivity contribution in [1.29, 1.82) is 0 Å². The number of hydrogen-bond acceptors (Lipinski definition) is 2. The molecule has 0 radical (unpaired) electrons. The minimum Gasteiger partial charge on any atom is -0.298 e. The summed E-state index contributed by atoms with van der Waals surface area (Å²) in [7, 11) is 0. The van der Waals surface area contributed by atoms with E-state index in [9.17, 15) is 0 Å². The van der Waals surface area contributed by atoms with Crippen molar-refractivity contribution in [3.8, 4) is 0 Å². The highest BCUT2D eigenvalue weighted by atomic mass is 79.9. The van der Waals surface area contributed by atoms with Crippen molar-refractivity contribution in [2.75, 3.05) is 13.1 Å². The van der Waals surface area contributed by atoms with Gasteiger partial charge in [-0.25, -0.2) is 0 Å². The second-order valence-electron chi connectivity index (χ2n) is 4.37. The van der Waals surface area contributed by atoms with E-state index < -0.39 is 0 Å². The molecule has 1 aromatic heterocycles. The van der Waals surface area contributed by atoms with Gasteiger partial charge in [0.1, 0.15) is 0 Å². The lowest BCUT2D eigenvalue weighted by atomic mass is 10.3. The zero-order valence-corrected chi connectivity index (χ0v) is 11.6. The van der Waals surface area contributed by atoms with Gasteiger partial charge < -0.3 is 0 Å². The first kappa shape index (κ1) is 11.6. The van der Waals surface area contributed by atoms with Crippen molar-refractivity contribution in [1.82, 2.24) is 4.90 Å². The fraction of sp³-hybridized carbons (Fsp3) is 0.667. The molecule has 1 nitrogen and oxygen atoms in total. The molecule has 84 valence electrons. The van der Waals surface area contributed by atoms with Gasteiger partial charge in [-0.05, 0) is 59.1 Å². The van der Waals surface area contributed by atoms with Gasteiger partial charge in [-0.2, -0.15) is 0 Å². The largest absolute Gasteiger partial charge is 0.298 e. The van der Waals surface area contributed by atoms with Crippen LogP contribution in [-0.4, -0.2) is 18.0 Å². The third kappa shape index (κ3) is 3.58. The van der Waals surface area contributed by atoms with Crippen LogP contribution < -0.4 is 0 Å². The third-order valence-electron chi connectivity index (χ3n) is 2.81. The van der Waals surface area contributed by atoms with E-state index in [-0.39, 0.29) is 0 Å². The highest BCUT2D eigenvalue weighted by Crippen LogP contribution is 2.31. The summed E-state index contributed by atoms with van der Waals surface area (Å²) in [5.74, 6) is 0.996. The topological polar surface area (TPSA) is 3.24 Å². The summed E-state index contributed by atoms with van der Waals surface area (Å²) in [5, 5.41) is 2.17. The molecule has 0 aliphatic heterocycles. The maximum atomic E-state index is 3.61. The van der Waals surface area contributed by atoms with Gasteiger partial charge in [0.15, 0.2) is 0 Å². The Hall–Kier alpha value is 0.140. The van der Waals surface area contributed by atoms with Gasteiger partial charge in [0.05, 0.1) is 0 Å². The molecule has 0 spiro atoms. The standard InChI is InChI=1S/C12H18BrNS/c1-2-6-14(8-10-3-4-10)9-12-11(13)5-7-15-12/h5,7,10H,2-4,6,8-9H2,1H3. The maximum Gasteiger partial charge on any atom is 0.0339 e. The molecule has 0 bridgehead atoms. The average molecular weight is 288 g/mol. The first-order valence-corrected chi connectivity index (χ1v) is 7.41. The molecule has 3 heteroatoms. The number of halogens is 1. The summed E-state index contributed by atoms with van der Waals surface area (Å²) >= 11 is 5.47. The van der Waals surface area contributed by atoms with Crippen LogP contribution in [0.5, 0.6) is 0 Å². The molecule has 1 heterocycles. The number of rotatable bonds is 6. The number of hydrogen-bond donors (Lipinski definition) is 0. The van der Waals surface area contributed by atoms with Crippen LogP contribution in [0.4, 0.5) is 0 Å². The Morgan fingerprint density at radius 1 is 1.53 bits per heavy atom. The zero-order valence-electron chi connectivity index (χ0n) is 9.21. The molecule has 0 aromatic carbocycles. The molecule has 15 heavy (non-hydrogen) atoms. The first-order valence-electron chi connectivity index (χ1n) is 5.73. The first-order chi connectivity index (χ1) is 7.29. The summed E-state index contributed by atoms with van der Waals surface area (Å²) in [5.41, 5.74) is 0. The van der Waals surface area contributed by atoms with Crippen LogP contribution in [0.2, 0.25) is 0 Å². The minimum atomic E-state index is 0.996. The van der Waals surface area contributed by atoms with E-state index >= 15 is 0 Å². The van der Waals surface area contributed by atoms with Crippen LogP contribution in [0.3, 0.4) is 0 Å². The molecule has 0 N–H and O–H groups in total. The van der Waals surface area contributed by atoms with Crippen molar-refractivity contribution in [3.05, 3.63) is 20.8 Å². The Morgan fingerprint density at radius 2 is 2.33 bits per heavy atom. The smallest absolute Gasteiger partial charge is 0.0339 e. The van der Waals surface area contributed by atoms with E-state index in [1.807, 2.05) is 11.3 Å². The Morgan fingerprint density at radius 3 is 2.87 bits per heavy atom. The lowest BCUT2D eigenvalue weighted by Crippen LogP contribution is -2.26. The summed E-state index contributed by atoms with van der Waals surface area (Å²) in [4.78, 5) is 4.08. The van der Waals surface area contributed by atoms with Gasteiger partial charge >= 0.3 is 0 Å². The Kier molecular flexibility index (Phi) is 4.23. The zero-order chi connectivity index (χ0) is 10.7. The molecule has 1 fully saturated rings. The molecule has 1 aromatic rings. The third-order valence-corrected chi connectivity index (χ3v) is 4.72. The van der Waals surface area contributed by atoms with Crippen LogP contribution in [0.25, 0.3) is 0 Å². The van der Waals surface area contributed by atoms with Crippen LogP contribution >= 0.6 is 27.3 Å². The summed E-state index contributed by atoms with van der Waals surface area (Å²) in [6.45, 7) is 5.94. The fourth-order valence-corrected chi connectivity index (χ4v) is 3.38. The molecule has 1 saturated carbocycles. The van der Waals surface area contributed by atoms with Crippen molar-refractivity contribution in [3.63, 3.8) is 0 Å². The lowest BCUT2D eigenvalue weighted by molar-refractivity contribution is 0.257. The summed E-state index contributed by atoms with van der Waals surface area (Å²) < 4.78 is 1.28. The Balaban J connectivity index is 1.89. The van der Waals surface area contributed by atoms with Gasteiger partial charge in [-0.3, -0.25) is 4.90 Å². The number of thiophene rings is 1. The quantitative estimate of drug-likeness (QED) is 0.760. The fourth-order valence-electron chi connectivity index (χ4n) is 1.86. The van der Waals surface area contributed by atoms with Crippen LogP contribution in [-0.2, 0) is 6.54 Å². The van der Waals surface area contributed by atoms with Gasteiger partial charge in [-0.1, -0.05) is 6.92 Å². The minimum absolute atomic E-state index is 0.996.